The van der Waals surface area contributed by atoms with Crippen molar-refractivity contribution in [3.8, 4) is 11.5 Å². The zero-order valence-corrected chi connectivity index (χ0v) is 19.4. The largest absolute Gasteiger partial charge is 0.454 e. The number of amidine groups is 1. The van der Waals surface area contributed by atoms with Crippen LogP contribution in [0.5, 0.6) is 11.5 Å². The van der Waals surface area contributed by atoms with Crippen LogP contribution in [0.2, 0.25) is 0 Å². The molecule has 2 aromatic rings. The molecule has 0 atom stereocenters. The Hall–Kier alpha value is -2.82. The lowest BCUT2D eigenvalue weighted by atomic mass is 9.91. The molecule has 2 aromatic carbocycles. The molecule has 0 spiro atoms. The maximum Gasteiger partial charge on any atom is 0.223 e. The Morgan fingerprint density at radius 2 is 1.71 bits per heavy atom. The minimum absolute atomic E-state index is 0.00406. The summed E-state index contributed by atoms with van der Waals surface area (Å²) >= 11 is 0. The highest BCUT2D eigenvalue weighted by atomic mass is 16.5. The van der Waals surface area contributed by atoms with Gasteiger partial charge in [0.25, 0.3) is 0 Å². The fraction of sp³-hybridized carbons (Fsp3) is 0.462. The predicted octanol–water partition coefficient (Wildman–Crippen LogP) is 5.46. The molecular weight excluding hydrogens is 386 g/mol. The van der Waals surface area contributed by atoms with Crippen molar-refractivity contribution < 1.29 is 9.53 Å². The summed E-state index contributed by atoms with van der Waals surface area (Å²) in [6, 6.07) is 12.4. The van der Waals surface area contributed by atoms with E-state index in [1.54, 1.807) is 0 Å². The number of hydrogen-bond acceptors (Lipinski definition) is 4. The molecule has 164 valence electrons. The molecule has 4 rings (SSSR count). The van der Waals surface area contributed by atoms with Gasteiger partial charge in [0.2, 0.25) is 5.91 Å². The van der Waals surface area contributed by atoms with Gasteiger partial charge in [-0.25, -0.2) is 4.99 Å². The quantitative estimate of drug-likeness (QED) is 0.617. The molecule has 1 amide bonds. The van der Waals surface area contributed by atoms with Crippen LogP contribution < -0.4 is 4.74 Å². The predicted molar refractivity (Wildman–Crippen MR) is 125 cm³/mol. The van der Waals surface area contributed by atoms with E-state index in [2.05, 4.69) is 57.7 Å². The highest BCUT2D eigenvalue weighted by molar-refractivity contribution is 6.04. The molecule has 2 aliphatic rings. The fourth-order valence-corrected chi connectivity index (χ4v) is 4.18. The third-order valence-electron chi connectivity index (χ3n) is 5.77. The minimum atomic E-state index is 0.00406. The average Bonchev–Trinajstić information content (AvgIpc) is 3.01. The molecule has 0 radical (unpaired) electrons. The van der Waals surface area contributed by atoms with Crippen LogP contribution >= 0.6 is 0 Å². The summed E-state index contributed by atoms with van der Waals surface area (Å²) in [6.07, 6.45) is 1.51. The van der Waals surface area contributed by atoms with Gasteiger partial charge in [-0.2, -0.15) is 0 Å². The van der Waals surface area contributed by atoms with Gasteiger partial charge in [-0.3, -0.25) is 4.79 Å². The first kappa shape index (κ1) is 21.4. The molecule has 0 saturated carbocycles. The van der Waals surface area contributed by atoms with Crippen LogP contribution in [-0.2, 0) is 4.79 Å². The van der Waals surface area contributed by atoms with Crippen LogP contribution in [0.15, 0.2) is 41.4 Å². The van der Waals surface area contributed by atoms with E-state index in [0.717, 1.165) is 66.7 Å². The van der Waals surface area contributed by atoms with E-state index in [4.69, 9.17) is 9.73 Å². The van der Waals surface area contributed by atoms with Crippen molar-refractivity contribution in [2.45, 2.75) is 47.5 Å². The molecule has 0 aliphatic carbocycles. The first-order valence-electron chi connectivity index (χ1n) is 11.2. The second kappa shape index (κ2) is 8.37. The van der Waals surface area contributed by atoms with E-state index in [0.29, 0.717) is 6.42 Å². The summed E-state index contributed by atoms with van der Waals surface area (Å²) in [5, 5.41) is 0. The van der Waals surface area contributed by atoms with Crippen molar-refractivity contribution in [2.24, 2.45) is 10.4 Å². The monoisotopic (exact) mass is 419 g/mol. The molecule has 0 bridgehead atoms. The van der Waals surface area contributed by atoms with Crippen molar-refractivity contribution in [3.63, 3.8) is 0 Å². The summed E-state index contributed by atoms with van der Waals surface area (Å²) in [5.74, 6) is 2.81. The van der Waals surface area contributed by atoms with Crippen LogP contribution in [0.4, 0.5) is 5.69 Å². The number of carbonyl (C=O) groups excluding carboxylic acids is 1. The number of aryl methyl sites for hydroxylation is 2. The minimum Gasteiger partial charge on any atom is -0.454 e. The van der Waals surface area contributed by atoms with Gasteiger partial charge in [0.05, 0.1) is 5.56 Å². The number of amides is 1. The number of rotatable bonds is 1. The maximum absolute atomic E-state index is 12.8. The highest BCUT2D eigenvalue weighted by Crippen LogP contribution is 2.39. The zero-order valence-electron chi connectivity index (χ0n) is 19.4. The number of hydrogen-bond donors (Lipinski definition) is 0. The van der Waals surface area contributed by atoms with Gasteiger partial charge in [0, 0.05) is 32.6 Å². The number of benzene rings is 2. The van der Waals surface area contributed by atoms with Gasteiger partial charge in [0.1, 0.15) is 17.3 Å². The molecule has 5 nitrogen and oxygen atoms in total. The summed E-state index contributed by atoms with van der Waals surface area (Å²) in [4.78, 5) is 22.2. The second-order valence-electron chi connectivity index (χ2n) is 9.97. The standard InChI is InChI=1S/C26H33N3O2/c1-18-8-10-22-20(15-18)25(27-21-9-7-19(2)16-23(21)31-22)29-12-6-11-28(13-14-29)24(30)17-26(3,4)5/h7-10,15-16H,6,11-14,17H2,1-5H3. The van der Waals surface area contributed by atoms with Gasteiger partial charge in [-0.1, -0.05) is 38.5 Å². The SMILES string of the molecule is Cc1ccc2c(c1)Oc1ccc(C)cc1C(N1CCCN(C(=O)CC(C)(C)C)CC1)=N2. The van der Waals surface area contributed by atoms with E-state index in [9.17, 15) is 4.79 Å². The van der Waals surface area contributed by atoms with Gasteiger partial charge in [0.15, 0.2) is 5.75 Å². The normalized spacial score (nSPS) is 16.5. The van der Waals surface area contributed by atoms with Gasteiger partial charge in [-0.05, 0) is 55.5 Å². The van der Waals surface area contributed by atoms with E-state index in [1.165, 1.54) is 5.56 Å². The molecule has 0 N–H and O–H groups in total. The molecule has 0 unspecified atom stereocenters. The fourth-order valence-electron chi connectivity index (χ4n) is 4.18. The average molecular weight is 420 g/mol. The maximum atomic E-state index is 12.8. The Kier molecular flexibility index (Phi) is 5.78. The molecule has 2 heterocycles. The Morgan fingerprint density at radius 3 is 2.48 bits per heavy atom. The summed E-state index contributed by atoms with van der Waals surface area (Å²) in [7, 11) is 0. The molecule has 5 heteroatoms. The lowest BCUT2D eigenvalue weighted by Gasteiger charge is -2.27. The van der Waals surface area contributed by atoms with E-state index < -0.39 is 0 Å². The highest BCUT2D eigenvalue weighted by Gasteiger charge is 2.27. The van der Waals surface area contributed by atoms with Crippen molar-refractivity contribution in [3.05, 3.63) is 53.1 Å². The molecule has 31 heavy (non-hydrogen) atoms. The Labute approximate surface area is 185 Å². The van der Waals surface area contributed by atoms with Crippen LogP contribution in [0.25, 0.3) is 0 Å². The number of carbonyl (C=O) groups is 1. The van der Waals surface area contributed by atoms with Crippen molar-refractivity contribution in [1.29, 1.82) is 0 Å². The number of fused-ring (bicyclic) bond motifs is 2. The molecular formula is C26H33N3O2. The van der Waals surface area contributed by atoms with Gasteiger partial charge in [-0.15, -0.1) is 0 Å². The molecule has 0 aromatic heterocycles. The lowest BCUT2D eigenvalue weighted by molar-refractivity contribution is -0.132. The number of nitrogens with zero attached hydrogens (tertiary/aromatic N) is 3. The van der Waals surface area contributed by atoms with Gasteiger partial charge >= 0.3 is 0 Å². The summed E-state index contributed by atoms with van der Waals surface area (Å²) in [6.45, 7) is 13.7. The third kappa shape index (κ3) is 4.92. The molecule has 1 saturated heterocycles. The summed E-state index contributed by atoms with van der Waals surface area (Å²) < 4.78 is 6.30. The van der Waals surface area contributed by atoms with Crippen molar-refractivity contribution in [2.75, 3.05) is 26.2 Å². The van der Waals surface area contributed by atoms with E-state index >= 15 is 0 Å². The van der Waals surface area contributed by atoms with E-state index in [-0.39, 0.29) is 11.3 Å². The van der Waals surface area contributed by atoms with Crippen LogP contribution in [-0.4, -0.2) is 47.7 Å². The van der Waals surface area contributed by atoms with Crippen LogP contribution in [0, 0.1) is 19.3 Å². The van der Waals surface area contributed by atoms with E-state index in [1.807, 2.05) is 23.1 Å². The van der Waals surface area contributed by atoms with Crippen LogP contribution in [0.3, 0.4) is 0 Å². The Morgan fingerprint density at radius 1 is 0.968 bits per heavy atom. The number of aliphatic imine (C=N–C) groups is 1. The molecule has 1 fully saturated rings. The second-order valence-corrected chi connectivity index (χ2v) is 9.97. The third-order valence-corrected chi connectivity index (χ3v) is 5.77. The first-order chi connectivity index (χ1) is 14.7. The first-order valence-corrected chi connectivity index (χ1v) is 11.2. The van der Waals surface area contributed by atoms with Crippen molar-refractivity contribution in [1.82, 2.24) is 9.80 Å². The van der Waals surface area contributed by atoms with Gasteiger partial charge < -0.3 is 14.5 Å². The number of ether oxygens (including phenoxy) is 1. The Bertz CT molecular complexity index is 1020. The Balaban J connectivity index is 1.65. The summed E-state index contributed by atoms with van der Waals surface area (Å²) in [5.41, 5.74) is 4.19. The lowest BCUT2D eigenvalue weighted by Crippen LogP contribution is -2.38. The topological polar surface area (TPSA) is 45.1 Å². The van der Waals surface area contributed by atoms with Crippen molar-refractivity contribution >= 4 is 17.4 Å². The zero-order chi connectivity index (χ0) is 22.2. The molecule has 2 aliphatic heterocycles. The smallest absolute Gasteiger partial charge is 0.223 e. The van der Waals surface area contributed by atoms with Crippen LogP contribution in [0.1, 0.15) is 50.3 Å².